The number of hydrogen-bond donors (Lipinski definition) is 0. The summed E-state index contributed by atoms with van der Waals surface area (Å²) in [6.07, 6.45) is 0.114. The third kappa shape index (κ3) is 5.04. The average Bonchev–Trinajstić information content (AvgIpc) is 2.52. The zero-order chi connectivity index (χ0) is 17.6. The smallest absolute Gasteiger partial charge is 0.307 e. The van der Waals surface area contributed by atoms with Crippen molar-refractivity contribution in [3.8, 4) is 0 Å². The van der Waals surface area contributed by atoms with E-state index in [4.69, 9.17) is 4.74 Å². The van der Waals surface area contributed by atoms with Crippen molar-refractivity contribution < 1.29 is 22.7 Å². The SMILES string of the molecule is CCOC(=O)CCN(C)C(=O)c1ccc(S(=O)(=O)N(C)C)cc1. The first-order chi connectivity index (χ1) is 10.7. The molecule has 0 unspecified atom stereocenters. The van der Waals surface area contributed by atoms with Gasteiger partial charge in [-0.3, -0.25) is 9.59 Å². The molecule has 0 radical (unpaired) electrons. The first kappa shape index (κ1) is 19.1. The van der Waals surface area contributed by atoms with Crippen LogP contribution in [-0.2, 0) is 19.6 Å². The quantitative estimate of drug-likeness (QED) is 0.689. The summed E-state index contributed by atoms with van der Waals surface area (Å²) < 4.78 is 29.8. The molecular weight excluding hydrogens is 320 g/mol. The highest BCUT2D eigenvalue weighted by molar-refractivity contribution is 7.89. The van der Waals surface area contributed by atoms with Gasteiger partial charge in [0.15, 0.2) is 0 Å². The maximum Gasteiger partial charge on any atom is 0.307 e. The minimum atomic E-state index is -3.52. The number of rotatable bonds is 7. The second kappa shape index (κ2) is 8.07. The topological polar surface area (TPSA) is 84.0 Å². The van der Waals surface area contributed by atoms with Crippen LogP contribution in [0.3, 0.4) is 0 Å². The maximum absolute atomic E-state index is 12.2. The molecule has 23 heavy (non-hydrogen) atoms. The Morgan fingerprint density at radius 1 is 1.09 bits per heavy atom. The Bertz CT molecular complexity index is 653. The van der Waals surface area contributed by atoms with E-state index in [2.05, 4.69) is 0 Å². The molecule has 128 valence electrons. The maximum atomic E-state index is 12.2. The summed E-state index contributed by atoms with van der Waals surface area (Å²) >= 11 is 0. The van der Waals surface area contributed by atoms with Crippen molar-refractivity contribution in [2.45, 2.75) is 18.2 Å². The van der Waals surface area contributed by atoms with Crippen LogP contribution in [0.5, 0.6) is 0 Å². The van der Waals surface area contributed by atoms with Gasteiger partial charge < -0.3 is 9.64 Å². The van der Waals surface area contributed by atoms with E-state index >= 15 is 0 Å². The first-order valence-electron chi connectivity index (χ1n) is 7.13. The number of nitrogens with zero attached hydrogens (tertiary/aromatic N) is 2. The summed E-state index contributed by atoms with van der Waals surface area (Å²) in [5.41, 5.74) is 0.356. The van der Waals surface area contributed by atoms with Crippen molar-refractivity contribution in [3.05, 3.63) is 29.8 Å². The lowest BCUT2D eigenvalue weighted by atomic mass is 10.2. The first-order valence-corrected chi connectivity index (χ1v) is 8.57. The normalized spacial score (nSPS) is 11.3. The van der Waals surface area contributed by atoms with E-state index in [0.717, 1.165) is 4.31 Å². The molecule has 0 aliphatic heterocycles. The van der Waals surface area contributed by atoms with Gasteiger partial charge in [-0.25, -0.2) is 12.7 Å². The molecule has 0 saturated heterocycles. The van der Waals surface area contributed by atoms with Crippen molar-refractivity contribution in [1.82, 2.24) is 9.21 Å². The highest BCUT2D eigenvalue weighted by atomic mass is 32.2. The molecule has 0 spiro atoms. The van der Waals surface area contributed by atoms with Crippen LogP contribution in [0.25, 0.3) is 0 Å². The Morgan fingerprint density at radius 3 is 2.13 bits per heavy atom. The van der Waals surface area contributed by atoms with E-state index in [0.29, 0.717) is 12.2 Å². The van der Waals surface area contributed by atoms with Gasteiger partial charge in [0.05, 0.1) is 17.9 Å². The number of esters is 1. The Labute approximate surface area is 136 Å². The van der Waals surface area contributed by atoms with Crippen LogP contribution in [0, 0.1) is 0 Å². The molecule has 0 bridgehead atoms. The van der Waals surface area contributed by atoms with Crippen molar-refractivity contribution in [2.24, 2.45) is 0 Å². The zero-order valence-electron chi connectivity index (χ0n) is 13.8. The van der Waals surface area contributed by atoms with Crippen LogP contribution in [0.4, 0.5) is 0 Å². The number of benzene rings is 1. The van der Waals surface area contributed by atoms with E-state index in [1.54, 1.807) is 14.0 Å². The number of hydrogen-bond acceptors (Lipinski definition) is 5. The fourth-order valence-corrected chi connectivity index (χ4v) is 2.70. The number of carbonyl (C=O) groups is 2. The van der Waals surface area contributed by atoms with E-state index < -0.39 is 10.0 Å². The van der Waals surface area contributed by atoms with Crippen LogP contribution in [0.1, 0.15) is 23.7 Å². The molecule has 1 aromatic rings. The van der Waals surface area contributed by atoms with Crippen LogP contribution in [-0.4, -0.2) is 63.8 Å². The second-order valence-corrected chi connectivity index (χ2v) is 7.25. The lowest BCUT2D eigenvalue weighted by molar-refractivity contribution is -0.143. The van der Waals surface area contributed by atoms with Crippen molar-refractivity contribution in [2.75, 3.05) is 34.3 Å². The highest BCUT2D eigenvalue weighted by Gasteiger charge is 2.18. The predicted octanol–water partition coefficient (Wildman–Crippen LogP) is 0.962. The minimum absolute atomic E-state index is 0.114. The molecule has 0 N–H and O–H groups in total. The van der Waals surface area contributed by atoms with Crippen molar-refractivity contribution >= 4 is 21.9 Å². The second-order valence-electron chi connectivity index (χ2n) is 5.09. The van der Waals surface area contributed by atoms with Crippen LogP contribution >= 0.6 is 0 Å². The van der Waals surface area contributed by atoms with Gasteiger partial charge in [-0.15, -0.1) is 0 Å². The van der Waals surface area contributed by atoms with E-state index in [-0.39, 0.29) is 29.7 Å². The molecule has 0 heterocycles. The number of ether oxygens (including phenoxy) is 1. The molecular formula is C15H22N2O5S. The van der Waals surface area contributed by atoms with Gasteiger partial charge >= 0.3 is 5.97 Å². The Morgan fingerprint density at radius 2 is 1.65 bits per heavy atom. The molecule has 7 nitrogen and oxygen atoms in total. The Hall–Kier alpha value is -1.93. The monoisotopic (exact) mass is 342 g/mol. The van der Waals surface area contributed by atoms with E-state index in [9.17, 15) is 18.0 Å². The fourth-order valence-electron chi connectivity index (χ4n) is 1.79. The van der Waals surface area contributed by atoms with Crippen molar-refractivity contribution in [3.63, 3.8) is 0 Å². The van der Waals surface area contributed by atoms with Gasteiger partial charge in [-0.2, -0.15) is 0 Å². The Balaban J connectivity index is 2.76. The van der Waals surface area contributed by atoms with Gasteiger partial charge in [0.25, 0.3) is 5.91 Å². The molecule has 0 fully saturated rings. The van der Waals surface area contributed by atoms with E-state index in [1.807, 2.05) is 0 Å². The Kier molecular flexibility index (Phi) is 6.71. The van der Waals surface area contributed by atoms with Crippen molar-refractivity contribution in [1.29, 1.82) is 0 Å². The largest absolute Gasteiger partial charge is 0.466 e. The number of amides is 1. The minimum Gasteiger partial charge on any atom is -0.466 e. The molecule has 0 aliphatic rings. The molecule has 1 aromatic carbocycles. The molecule has 8 heteroatoms. The third-order valence-corrected chi connectivity index (χ3v) is 5.01. The number of sulfonamides is 1. The fraction of sp³-hybridized carbons (Fsp3) is 0.467. The molecule has 0 atom stereocenters. The van der Waals surface area contributed by atoms with E-state index in [1.165, 1.54) is 43.3 Å². The number of carbonyl (C=O) groups excluding carboxylic acids is 2. The average molecular weight is 342 g/mol. The van der Waals surface area contributed by atoms with Gasteiger partial charge in [0.1, 0.15) is 0 Å². The van der Waals surface area contributed by atoms with Gasteiger partial charge in [0.2, 0.25) is 10.0 Å². The van der Waals surface area contributed by atoms with Gasteiger partial charge in [-0.1, -0.05) is 0 Å². The zero-order valence-corrected chi connectivity index (χ0v) is 14.6. The molecule has 0 aliphatic carbocycles. The summed E-state index contributed by atoms with van der Waals surface area (Å²) in [6, 6.07) is 5.70. The highest BCUT2D eigenvalue weighted by Crippen LogP contribution is 2.15. The van der Waals surface area contributed by atoms with Crippen LogP contribution < -0.4 is 0 Å². The van der Waals surface area contributed by atoms with Gasteiger partial charge in [0, 0.05) is 33.3 Å². The summed E-state index contributed by atoms with van der Waals surface area (Å²) in [6.45, 7) is 2.25. The molecule has 0 saturated carbocycles. The van der Waals surface area contributed by atoms with Crippen LogP contribution in [0.2, 0.25) is 0 Å². The summed E-state index contributed by atoms with van der Waals surface area (Å²) in [5, 5.41) is 0. The predicted molar refractivity (Wildman–Crippen MR) is 85.5 cm³/mol. The summed E-state index contributed by atoms with van der Waals surface area (Å²) in [5.74, 6) is -0.650. The molecule has 1 rings (SSSR count). The lowest BCUT2D eigenvalue weighted by Crippen LogP contribution is -2.29. The summed E-state index contributed by atoms with van der Waals surface area (Å²) in [4.78, 5) is 25.0. The summed E-state index contributed by atoms with van der Waals surface area (Å²) in [7, 11) is 0.939. The molecule has 0 aromatic heterocycles. The van der Waals surface area contributed by atoms with Gasteiger partial charge in [-0.05, 0) is 31.2 Å². The van der Waals surface area contributed by atoms with Crippen LogP contribution in [0.15, 0.2) is 29.2 Å². The molecule has 1 amide bonds. The lowest BCUT2D eigenvalue weighted by Gasteiger charge is -2.17. The third-order valence-electron chi connectivity index (χ3n) is 3.18. The standard InChI is InChI=1S/C15H22N2O5S/c1-5-22-14(18)10-11-17(4)15(19)12-6-8-13(9-7-12)23(20,21)16(2)3/h6-9H,5,10-11H2,1-4H3.